The summed E-state index contributed by atoms with van der Waals surface area (Å²) in [5.74, 6) is -1.11. The van der Waals surface area contributed by atoms with E-state index >= 15 is 0 Å². The molecule has 0 radical (unpaired) electrons. The molecule has 5 nitrogen and oxygen atoms in total. The zero-order valence-corrected chi connectivity index (χ0v) is 16.7. The molecule has 1 saturated carbocycles. The number of ether oxygens (including phenoxy) is 2. The zero-order valence-electron chi connectivity index (χ0n) is 16.7. The van der Waals surface area contributed by atoms with E-state index in [4.69, 9.17) is 9.47 Å². The first-order chi connectivity index (χ1) is 12.6. The topological polar surface area (TPSA) is 69.7 Å². The molecular weight excluding hydrogens is 344 g/mol. The number of methoxy groups -OCH3 is 1. The highest BCUT2D eigenvalue weighted by atomic mass is 16.5. The molecule has 1 fully saturated rings. The van der Waals surface area contributed by atoms with Crippen LogP contribution in [0.4, 0.5) is 0 Å². The Morgan fingerprint density at radius 2 is 2.00 bits per heavy atom. The fourth-order valence-corrected chi connectivity index (χ4v) is 3.70. The van der Waals surface area contributed by atoms with Crippen LogP contribution in [-0.4, -0.2) is 30.9 Å². The molecule has 2 rings (SSSR count). The number of Topliss-reactive ketones (excluding diaryl/α,β-unsaturated/α-hetero) is 1. The Morgan fingerprint density at radius 3 is 2.59 bits per heavy atom. The first-order valence-electron chi connectivity index (χ1n) is 9.12. The van der Waals surface area contributed by atoms with E-state index in [9.17, 15) is 14.4 Å². The molecule has 2 aliphatic carbocycles. The Kier molecular flexibility index (Phi) is 6.24. The maximum atomic E-state index is 12.7. The third kappa shape index (κ3) is 4.29. The summed E-state index contributed by atoms with van der Waals surface area (Å²) in [6, 6.07) is 0. The van der Waals surface area contributed by atoms with Crippen molar-refractivity contribution in [2.45, 2.75) is 46.6 Å². The van der Waals surface area contributed by atoms with Gasteiger partial charge >= 0.3 is 11.9 Å². The van der Waals surface area contributed by atoms with Crippen LogP contribution in [0.5, 0.6) is 0 Å². The van der Waals surface area contributed by atoms with Gasteiger partial charge in [-0.3, -0.25) is 9.59 Å². The monoisotopic (exact) mass is 372 g/mol. The van der Waals surface area contributed by atoms with Crippen molar-refractivity contribution in [3.63, 3.8) is 0 Å². The maximum Gasteiger partial charge on any atom is 0.333 e. The second-order valence-corrected chi connectivity index (χ2v) is 7.75. The van der Waals surface area contributed by atoms with E-state index in [0.717, 1.165) is 5.57 Å². The SMILES string of the molecule is C=C/C=C/CC1=C(C)[C@@H](OC(=O)[C@@H]2[C@@H](/C=C(/C)C(=O)OC)C2(C)C)CC1=O. The molecule has 0 unspecified atom stereocenters. The van der Waals surface area contributed by atoms with E-state index in [1.165, 1.54) is 7.11 Å². The molecule has 146 valence electrons. The van der Waals surface area contributed by atoms with Crippen molar-refractivity contribution in [3.8, 4) is 0 Å². The maximum absolute atomic E-state index is 12.7. The van der Waals surface area contributed by atoms with Crippen LogP contribution in [0, 0.1) is 17.3 Å². The van der Waals surface area contributed by atoms with E-state index in [0.29, 0.717) is 17.6 Å². The summed E-state index contributed by atoms with van der Waals surface area (Å²) in [6.07, 6.45) is 7.32. The zero-order chi connectivity index (χ0) is 20.4. The molecule has 0 aromatic heterocycles. The van der Waals surface area contributed by atoms with Crippen molar-refractivity contribution >= 4 is 17.7 Å². The summed E-state index contributed by atoms with van der Waals surface area (Å²) in [5, 5.41) is 0. The first kappa shape index (κ1) is 20.9. The van der Waals surface area contributed by atoms with Crippen molar-refractivity contribution in [1.29, 1.82) is 0 Å². The van der Waals surface area contributed by atoms with E-state index in [1.54, 1.807) is 25.2 Å². The minimum absolute atomic E-state index is 0.0204. The lowest BCUT2D eigenvalue weighted by Crippen LogP contribution is -2.20. The lowest BCUT2D eigenvalue weighted by atomic mass is 10.1. The molecule has 27 heavy (non-hydrogen) atoms. The fourth-order valence-electron chi connectivity index (χ4n) is 3.70. The standard InChI is InChI=1S/C22H28O5/c1-7-8-9-10-15-14(3)18(12-17(15)23)27-21(25)19-16(22(19,4)5)11-13(2)20(24)26-6/h7-9,11,16,18-19H,1,10,12H2,2-6H3/b9-8+,13-11-/t16-,18+,19+/m1/s1. The van der Waals surface area contributed by atoms with Crippen LogP contribution in [0.3, 0.4) is 0 Å². The Hall–Kier alpha value is -2.43. The van der Waals surface area contributed by atoms with Gasteiger partial charge in [0.1, 0.15) is 6.10 Å². The average molecular weight is 372 g/mol. The summed E-state index contributed by atoms with van der Waals surface area (Å²) in [7, 11) is 1.33. The van der Waals surface area contributed by atoms with Crippen LogP contribution in [0.15, 0.2) is 47.6 Å². The van der Waals surface area contributed by atoms with Gasteiger partial charge in [-0.2, -0.15) is 0 Å². The molecule has 3 atom stereocenters. The smallest absolute Gasteiger partial charge is 0.333 e. The minimum atomic E-state index is -0.500. The largest absolute Gasteiger partial charge is 0.466 e. The molecule has 0 bridgehead atoms. The predicted octanol–water partition coefficient (Wildman–Crippen LogP) is 3.71. The highest BCUT2D eigenvalue weighted by Crippen LogP contribution is 2.60. The van der Waals surface area contributed by atoms with Crippen LogP contribution < -0.4 is 0 Å². The lowest BCUT2D eigenvalue weighted by Gasteiger charge is -2.13. The highest BCUT2D eigenvalue weighted by Gasteiger charge is 2.62. The number of hydrogen-bond acceptors (Lipinski definition) is 5. The van der Waals surface area contributed by atoms with Gasteiger partial charge in [-0.05, 0) is 37.2 Å². The van der Waals surface area contributed by atoms with Crippen LogP contribution >= 0.6 is 0 Å². The number of esters is 2. The summed E-state index contributed by atoms with van der Waals surface area (Å²) >= 11 is 0. The van der Waals surface area contributed by atoms with Gasteiger partial charge < -0.3 is 9.47 Å². The normalized spacial score (nSPS) is 27.1. The van der Waals surface area contributed by atoms with Crippen molar-refractivity contribution in [3.05, 3.63) is 47.6 Å². The third-order valence-corrected chi connectivity index (χ3v) is 5.62. The van der Waals surface area contributed by atoms with Crippen LogP contribution in [0.2, 0.25) is 0 Å². The third-order valence-electron chi connectivity index (χ3n) is 5.62. The van der Waals surface area contributed by atoms with Gasteiger partial charge in [0.15, 0.2) is 5.78 Å². The molecule has 0 aromatic carbocycles. The van der Waals surface area contributed by atoms with Gasteiger partial charge in [0.2, 0.25) is 0 Å². The van der Waals surface area contributed by atoms with Crippen molar-refractivity contribution in [2.75, 3.05) is 7.11 Å². The Bertz CT molecular complexity index is 751. The van der Waals surface area contributed by atoms with Gasteiger partial charge in [0.25, 0.3) is 0 Å². The molecule has 0 amide bonds. The van der Waals surface area contributed by atoms with Crippen LogP contribution in [0.25, 0.3) is 0 Å². The van der Waals surface area contributed by atoms with Crippen LogP contribution in [0.1, 0.15) is 40.5 Å². The number of allylic oxidation sites excluding steroid dienone is 5. The second kappa shape index (κ2) is 8.07. The van der Waals surface area contributed by atoms with Crippen LogP contribution in [-0.2, 0) is 23.9 Å². The number of carbonyl (C=O) groups is 3. The Morgan fingerprint density at radius 1 is 1.33 bits per heavy atom. The van der Waals surface area contributed by atoms with Gasteiger partial charge in [-0.25, -0.2) is 4.79 Å². The minimum Gasteiger partial charge on any atom is -0.466 e. The van der Waals surface area contributed by atoms with Crippen molar-refractivity contribution in [2.24, 2.45) is 17.3 Å². The predicted molar refractivity (Wildman–Crippen MR) is 103 cm³/mol. The van der Waals surface area contributed by atoms with E-state index < -0.39 is 12.1 Å². The van der Waals surface area contributed by atoms with E-state index in [1.807, 2.05) is 26.8 Å². The van der Waals surface area contributed by atoms with Crippen molar-refractivity contribution in [1.82, 2.24) is 0 Å². The van der Waals surface area contributed by atoms with Gasteiger partial charge in [0, 0.05) is 11.1 Å². The molecule has 0 aromatic rings. The average Bonchev–Trinajstić information content (AvgIpc) is 3.05. The van der Waals surface area contributed by atoms with E-state index in [-0.39, 0.29) is 35.4 Å². The Labute approximate surface area is 160 Å². The molecule has 0 aliphatic heterocycles. The molecule has 0 spiro atoms. The van der Waals surface area contributed by atoms with Gasteiger partial charge in [0.05, 0.1) is 19.4 Å². The molecule has 0 N–H and O–H groups in total. The summed E-state index contributed by atoms with van der Waals surface area (Å²) < 4.78 is 10.4. The quantitative estimate of drug-likeness (QED) is 0.387. The number of hydrogen-bond donors (Lipinski definition) is 0. The molecule has 2 aliphatic rings. The second-order valence-electron chi connectivity index (χ2n) is 7.75. The number of carbonyl (C=O) groups excluding carboxylic acids is 3. The fraction of sp³-hybridized carbons (Fsp3) is 0.500. The van der Waals surface area contributed by atoms with E-state index in [2.05, 4.69) is 6.58 Å². The summed E-state index contributed by atoms with van der Waals surface area (Å²) in [6.45, 7) is 11.1. The molecule has 0 saturated heterocycles. The molecule has 5 heteroatoms. The Balaban J connectivity index is 2.07. The summed E-state index contributed by atoms with van der Waals surface area (Å²) in [5.41, 5.74) is 1.72. The lowest BCUT2D eigenvalue weighted by molar-refractivity contribution is -0.150. The van der Waals surface area contributed by atoms with Gasteiger partial charge in [-0.15, -0.1) is 0 Å². The van der Waals surface area contributed by atoms with Crippen molar-refractivity contribution < 1.29 is 23.9 Å². The molecular formula is C22H28O5. The summed E-state index contributed by atoms with van der Waals surface area (Å²) in [4.78, 5) is 36.5. The number of rotatable bonds is 7. The molecule has 0 heterocycles. The highest BCUT2D eigenvalue weighted by molar-refractivity contribution is 6.00. The number of ketones is 1. The van der Waals surface area contributed by atoms with Gasteiger partial charge in [-0.1, -0.05) is 44.7 Å². The first-order valence-corrected chi connectivity index (χ1v) is 9.12.